The molecule has 14 nitrogen and oxygen atoms in total. The molecule has 1 saturated heterocycles. The van der Waals surface area contributed by atoms with E-state index in [1.54, 1.807) is 0 Å². The van der Waals surface area contributed by atoms with E-state index in [4.69, 9.17) is 14.2 Å². The first-order valence-electron chi connectivity index (χ1n) is 9.43. The summed E-state index contributed by atoms with van der Waals surface area (Å²) in [5.41, 5.74) is -3.36. The van der Waals surface area contributed by atoms with E-state index in [1.165, 1.54) is 0 Å². The second kappa shape index (κ2) is 9.11. The molecule has 0 unspecified atom stereocenters. The lowest BCUT2D eigenvalue weighted by Crippen LogP contribution is -2.52. The average molecular weight is 484 g/mol. The van der Waals surface area contributed by atoms with Gasteiger partial charge in [-0.15, -0.1) is 0 Å². The third-order valence-corrected chi connectivity index (χ3v) is 5.02. The number of phenols is 6. The molecule has 0 saturated carbocycles. The van der Waals surface area contributed by atoms with Gasteiger partial charge in [0.25, 0.3) is 0 Å². The number of carbonyl (C=O) groups excluding carboxylic acids is 2. The predicted octanol–water partition coefficient (Wildman–Crippen LogP) is -1.26. The highest BCUT2D eigenvalue weighted by Gasteiger charge is 2.56. The number of ether oxygens (including phenoxy) is 3. The minimum atomic E-state index is -2.57. The van der Waals surface area contributed by atoms with Gasteiger partial charge in [-0.05, 0) is 24.3 Å². The molecule has 34 heavy (non-hydrogen) atoms. The number of esters is 2. The fraction of sp³-hybridized carbons (Fsp3) is 0.300. The number of hydrogen-bond donors (Lipinski definition) is 9. The van der Waals surface area contributed by atoms with E-state index in [9.17, 15) is 55.5 Å². The summed E-state index contributed by atoms with van der Waals surface area (Å²) in [6.45, 7) is -1.75. The van der Waals surface area contributed by atoms with Gasteiger partial charge >= 0.3 is 11.9 Å². The van der Waals surface area contributed by atoms with Crippen molar-refractivity contribution in [3.63, 3.8) is 0 Å². The van der Waals surface area contributed by atoms with Crippen LogP contribution in [0, 0.1) is 0 Å². The van der Waals surface area contributed by atoms with E-state index in [-0.39, 0.29) is 5.56 Å². The maximum atomic E-state index is 12.1. The van der Waals surface area contributed by atoms with Crippen molar-refractivity contribution in [2.45, 2.75) is 24.1 Å². The van der Waals surface area contributed by atoms with E-state index >= 15 is 0 Å². The van der Waals surface area contributed by atoms with Crippen molar-refractivity contribution in [2.75, 3.05) is 13.2 Å². The van der Waals surface area contributed by atoms with E-state index in [2.05, 4.69) is 0 Å². The lowest BCUT2D eigenvalue weighted by atomic mass is 9.96. The number of aliphatic hydroxyl groups is 3. The molecule has 184 valence electrons. The van der Waals surface area contributed by atoms with Crippen molar-refractivity contribution in [3.05, 3.63) is 35.4 Å². The second-order valence-corrected chi connectivity index (χ2v) is 7.36. The third-order valence-electron chi connectivity index (χ3n) is 5.02. The molecule has 1 fully saturated rings. The molecule has 0 aromatic heterocycles. The lowest BCUT2D eigenvalue weighted by molar-refractivity contribution is -0.191. The second-order valence-electron chi connectivity index (χ2n) is 7.36. The fourth-order valence-electron chi connectivity index (χ4n) is 3.06. The largest absolute Gasteiger partial charge is 0.504 e. The Morgan fingerprint density at radius 3 is 1.65 bits per heavy atom. The zero-order valence-corrected chi connectivity index (χ0v) is 17.0. The van der Waals surface area contributed by atoms with Gasteiger partial charge in [0.1, 0.15) is 25.4 Å². The smallest absolute Gasteiger partial charge is 0.338 e. The van der Waals surface area contributed by atoms with Gasteiger partial charge in [0, 0.05) is 0 Å². The monoisotopic (exact) mass is 484 g/mol. The third kappa shape index (κ3) is 4.55. The van der Waals surface area contributed by atoms with Crippen LogP contribution in [-0.4, -0.2) is 95.2 Å². The first-order valence-corrected chi connectivity index (χ1v) is 9.43. The Hall–Kier alpha value is -3.98. The molecule has 1 heterocycles. The summed E-state index contributed by atoms with van der Waals surface area (Å²) in [4.78, 5) is 24.2. The van der Waals surface area contributed by atoms with Crippen LogP contribution in [0.4, 0.5) is 0 Å². The molecule has 1 aliphatic rings. The molecule has 2 aromatic carbocycles. The van der Waals surface area contributed by atoms with Crippen LogP contribution in [0.5, 0.6) is 34.5 Å². The van der Waals surface area contributed by atoms with Crippen LogP contribution in [0.3, 0.4) is 0 Å². The van der Waals surface area contributed by atoms with E-state index < -0.39 is 89.3 Å². The molecule has 3 rings (SSSR count). The molecule has 0 spiro atoms. The van der Waals surface area contributed by atoms with Crippen molar-refractivity contribution < 1.29 is 69.8 Å². The number of hydrogen-bond acceptors (Lipinski definition) is 14. The van der Waals surface area contributed by atoms with Crippen LogP contribution in [0.2, 0.25) is 0 Å². The molecular weight excluding hydrogens is 464 g/mol. The van der Waals surface area contributed by atoms with Crippen LogP contribution in [-0.2, 0) is 14.2 Å². The molecule has 14 heteroatoms. The number of carbonyl (C=O) groups is 2. The number of aliphatic hydroxyl groups excluding tert-OH is 2. The number of phenolic OH excluding ortho intramolecular Hbond substituents is 6. The van der Waals surface area contributed by atoms with E-state index in [0.29, 0.717) is 0 Å². The minimum Gasteiger partial charge on any atom is -0.504 e. The Morgan fingerprint density at radius 2 is 1.21 bits per heavy atom. The Kier molecular flexibility index (Phi) is 6.60. The maximum Gasteiger partial charge on any atom is 0.338 e. The summed E-state index contributed by atoms with van der Waals surface area (Å²) in [7, 11) is 0. The standard InChI is InChI=1S/C20H20O14/c21-9-1-7(2-10(22)14(9)25)17(28)32-5-13-16(27)20(31,19(30)34-13)6-33-18(29)8-3-11(23)15(26)12(24)4-8/h1-4,13,16,19,21-27,30-31H,5-6H2/t13-,16-,19-,20-/m1/s1. The van der Waals surface area contributed by atoms with Crippen LogP contribution >= 0.6 is 0 Å². The summed E-state index contributed by atoms with van der Waals surface area (Å²) < 4.78 is 14.6. The summed E-state index contributed by atoms with van der Waals surface area (Å²) >= 11 is 0. The lowest BCUT2D eigenvalue weighted by Gasteiger charge is -2.27. The zero-order chi connectivity index (χ0) is 25.4. The number of rotatable bonds is 6. The van der Waals surface area contributed by atoms with Gasteiger partial charge in [0.05, 0.1) is 11.1 Å². The fourth-order valence-corrected chi connectivity index (χ4v) is 3.06. The van der Waals surface area contributed by atoms with Crippen LogP contribution in [0.15, 0.2) is 24.3 Å². The Morgan fingerprint density at radius 1 is 0.794 bits per heavy atom. The maximum absolute atomic E-state index is 12.1. The van der Waals surface area contributed by atoms with Gasteiger partial charge in [0.2, 0.25) is 0 Å². The molecule has 0 bridgehead atoms. The van der Waals surface area contributed by atoms with Gasteiger partial charge in [-0.25, -0.2) is 9.59 Å². The number of benzene rings is 2. The zero-order valence-electron chi connectivity index (χ0n) is 17.0. The Labute approximate surface area is 189 Å². The normalized spacial score (nSPS) is 24.0. The van der Waals surface area contributed by atoms with Gasteiger partial charge in [-0.1, -0.05) is 0 Å². The highest BCUT2D eigenvalue weighted by molar-refractivity contribution is 5.91. The van der Waals surface area contributed by atoms with Crippen molar-refractivity contribution >= 4 is 11.9 Å². The molecule has 1 aliphatic heterocycles. The molecule has 4 atom stereocenters. The van der Waals surface area contributed by atoms with Gasteiger partial charge in [-0.3, -0.25) is 0 Å². The molecule has 0 radical (unpaired) electrons. The topological polar surface area (TPSA) is 244 Å². The quantitative estimate of drug-likeness (QED) is 0.172. The van der Waals surface area contributed by atoms with Crippen molar-refractivity contribution in [3.8, 4) is 34.5 Å². The Balaban J connectivity index is 1.63. The van der Waals surface area contributed by atoms with Crippen LogP contribution in [0.25, 0.3) is 0 Å². The first kappa shape index (κ1) is 24.7. The van der Waals surface area contributed by atoms with E-state index in [0.717, 1.165) is 24.3 Å². The number of aromatic hydroxyl groups is 6. The van der Waals surface area contributed by atoms with Gasteiger partial charge in [0.15, 0.2) is 46.4 Å². The van der Waals surface area contributed by atoms with Crippen LogP contribution in [0.1, 0.15) is 20.7 Å². The van der Waals surface area contributed by atoms with Crippen LogP contribution < -0.4 is 0 Å². The molecule has 0 aliphatic carbocycles. The molecular formula is C20H20O14. The van der Waals surface area contributed by atoms with Crippen molar-refractivity contribution in [1.82, 2.24) is 0 Å². The molecule has 9 N–H and O–H groups in total. The van der Waals surface area contributed by atoms with Gasteiger partial charge in [-0.2, -0.15) is 0 Å². The summed E-state index contributed by atoms with van der Waals surface area (Å²) in [6, 6.07) is 3.13. The van der Waals surface area contributed by atoms with Crippen molar-refractivity contribution in [2.24, 2.45) is 0 Å². The Bertz CT molecular complexity index is 1070. The van der Waals surface area contributed by atoms with Crippen molar-refractivity contribution in [1.29, 1.82) is 0 Å². The predicted molar refractivity (Wildman–Crippen MR) is 105 cm³/mol. The van der Waals surface area contributed by atoms with E-state index in [1.807, 2.05) is 0 Å². The highest BCUT2D eigenvalue weighted by atomic mass is 16.7. The summed E-state index contributed by atoms with van der Waals surface area (Å²) in [5.74, 6) is -7.31. The molecule has 0 amide bonds. The SMILES string of the molecule is O=C(OC[C@H]1O[C@@H](O)[C@@](O)(COC(=O)c2cc(O)c(O)c(O)c2)[C@@H]1O)c1cc(O)c(O)c(O)c1. The highest BCUT2D eigenvalue weighted by Crippen LogP contribution is 2.37. The minimum absolute atomic E-state index is 0.370. The van der Waals surface area contributed by atoms with Gasteiger partial charge < -0.3 is 60.2 Å². The summed E-state index contributed by atoms with van der Waals surface area (Å²) in [6.07, 6.45) is -5.53. The summed E-state index contributed by atoms with van der Waals surface area (Å²) in [5, 5.41) is 87.4. The first-order chi connectivity index (χ1) is 15.8. The molecule has 2 aromatic rings. The average Bonchev–Trinajstić information content (AvgIpc) is 3.00.